The molecule has 0 spiro atoms. The molecule has 0 bridgehead atoms. The first kappa shape index (κ1) is 14.3. The topological polar surface area (TPSA) is 58.9 Å². The number of carbonyl (C=O) groups is 1. The molecular formula is C15H12BrNO3. The van der Waals surface area contributed by atoms with Crippen LogP contribution in [0.2, 0.25) is 0 Å². The number of esters is 1. The second-order valence-electron chi connectivity index (χ2n) is 4.00. The largest absolute Gasteiger partial charge is 0.455 e. The molecule has 2 aromatic rings. The highest BCUT2D eigenvalue weighted by Gasteiger charge is 2.10. The highest BCUT2D eigenvalue weighted by molar-refractivity contribution is 9.10. The van der Waals surface area contributed by atoms with Gasteiger partial charge in [0.15, 0.2) is 0 Å². The van der Waals surface area contributed by atoms with Crippen molar-refractivity contribution < 1.29 is 14.7 Å². The van der Waals surface area contributed by atoms with Crippen LogP contribution in [0, 0.1) is 0 Å². The zero-order valence-corrected chi connectivity index (χ0v) is 12.1. The number of carbonyl (C=O) groups excluding carboxylic acids is 1. The highest BCUT2D eigenvalue weighted by atomic mass is 79.9. The number of ether oxygens (including phenoxy) is 1. The molecule has 0 fully saturated rings. The molecule has 102 valence electrons. The molecule has 0 heterocycles. The van der Waals surface area contributed by atoms with Crippen LogP contribution in [0.5, 0.6) is 0 Å². The van der Waals surface area contributed by atoms with Gasteiger partial charge in [-0.3, -0.25) is 0 Å². The van der Waals surface area contributed by atoms with Gasteiger partial charge >= 0.3 is 5.97 Å². The summed E-state index contributed by atoms with van der Waals surface area (Å²) >= 11 is 3.29. The van der Waals surface area contributed by atoms with Crippen molar-refractivity contribution in [3.8, 4) is 0 Å². The summed E-state index contributed by atoms with van der Waals surface area (Å²) in [6.45, 7) is -0.0879. The molecule has 2 aromatic carbocycles. The van der Waals surface area contributed by atoms with Crippen LogP contribution in [-0.4, -0.2) is 23.5 Å². The van der Waals surface area contributed by atoms with E-state index in [0.717, 1.165) is 4.47 Å². The van der Waals surface area contributed by atoms with E-state index in [0.29, 0.717) is 16.8 Å². The maximum absolute atomic E-state index is 11.8. The summed E-state index contributed by atoms with van der Waals surface area (Å²) in [5, 5.41) is 12.2. The number of benzene rings is 2. The van der Waals surface area contributed by atoms with Crippen LogP contribution in [0.4, 0.5) is 0 Å². The van der Waals surface area contributed by atoms with Gasteiger partial charge in [-0.1, -0.05) is 51.4 Å². The van der Waals surface area contributed by atoms with Crippen molar-refractivity contribution in [1.82, 2.24) is 0 Å². The highest BCUT2D eigenvalue weighted by Crippen LogP contribution is 2.11. The summed E-state index contributed by atoms with van der Waals surface area (Å²) in [7, 11) is 0. The van der Waals surface area contributed by atoms with E-state index in [-0.39, 0.29) is 6.61 Å². The van der Waals surface area contributed by atoms with Gasteiger partial charge in [0.2, 0.25) is 0 Å². The summed E-state index contributed by atoms with van der Waals surface area (Å²) < 4.78 is 6.02. The Morgan fingerprint density at radius 1 is 1.05 bits per heavy atom. The van der Waals surface area contributed by atoms with Crippen LogP contribution in [-0.2, 0) is 4.74 Å². The molecule has 1 N–H and O–H groups in total. The molecule has 2 rings (SSSR count). The number of hydrogen-bond donors (Lipinski definition) is 1. The lowest BCUT2D eigenvalue weighted by molar-refractivity contribution is 0.0562. The first-order valence-electron chi connectivity index (χ1n) is 5.90. The van der Waals surface area contributed by atoms with Crippen LogP contribution < -0.4 is 0 Å². The minimum atomic E-state index is -0.463. The Bertz CT molecular complexity index is 609. The molecule has 0 amide bonds. The molecule has 0 saturated carbocycles. The zero-order chi connectivity index (χ0) is 14.4. The number of halogens is 1. The molecule has 5 heteroatoms. The minimum Gasteiger partial charge on any atom is -0.455 e. The van der Waals surface area contributed by atoms with Crippen LogP contribution in [0.15, 0.2) is 64.2 Å². The molecule has 4 nitrogen and oxygen atoms in total. The van der Waals surface area contributed by atoms with E-state index in [1.165, 1.54) is 0 Å². The minimum absolute atomic E-state index is 0.0879. The van der Waals surface area contributed by atoms with Crippen molar-refractivity contribution in [2.45, 2.75) is 0 Å². The van der Waals surface area contributed by atoms with Gasteiger partial charge < -0.3 is 9.94 Å². The Morgan fingerprint density at radius 2 is 1.70 bits per heavy atom. The Kier molecular flexibility index (Phi) is 4.90. The zero-order valence-electron chi connectivity index (χ0n) is 10.5. The van der Waals surface area contributed by atoms with Crippen molar-refractivity contribution in [2.24, 2.45) is 5.16 Å². The monoisotopic (exact) mass is 333 g/mol. The van der Waals surface area contributed by atoms with Gasteiger partial charge in [-0.15, -0.1) is 0 Å². The van der Waals surface area contributed by atoms with Crippen LogP contribution >= 0.6 is 15.9 Å². The first-order valence-corrected chi connectivity index (χ1v) is 6.69. The smallest absolute Gasteiger partial charge is 0.338 e. The SMILES string of the molecule is O=C(OC/C(=N/O)c1ccccc1)c1ccc(Br)cc1. The van der Waals surface area contributed by atoms with Gasteiger partial charge in [-0.05, 0) is 24.3 Å². The van der Waals surface area contributed by atoms with Gasteiger partial charge in [0.25, 0.3) is 0 Å². The molecule has 0 atom stereocenters. The summed E-state index contributed by atoms with van der Waals surface area (Å²) in [5.74, 6) is -0.463. The number of hydrogen-bond acceptors (Lipinski definition) is 4. The molecule has 0 aliphatic carbocycles. The summed E-state index contributed by atoms with van der Waals surface area (Å²) in [6, 6.07) is 15.9. The fourth-order valence-electron chi connectivity index (χ4n) is 1.60. The lowest BCUT2D eigenvalue weighted by atomic mass is 10.1. The summed E-state index contributed by atoms with van der Waals surface area (Å²) in [4.78, 5) is 11.8. The third-order valence-electron chi connectivity index (χ3n) is 2.65. The third kappa shape index (κ3) is 3.68. The first-order chi connectivity index (χ1) is 9.70. The Balaban J connectivity index is 2.01. The van der Waals surface area contributed by atoms with Crippen LogP contribution in [0.1, 0.15) is 15.9 Å². The van der Waals surface area contributed by atoms with Gasteiger partial charge in [0.1, 0.15) is 12.3 Å². The van der Waals surface area contributed by atoms with E-state index in [4.69, 9.17) is 9.94 Å². The molecular weight excluding hydrogens is 322 g/mol. The lowest BCUT2D eigenvalue weighted by Gasteiger charge is -2.06. The van der Waals surface area contributed by atoms with Crippen molar-refractivity contribution in [3.05, 3.63) is 70.2 Å². The predicted octanol–water partition coefficient (Wildman–Crippen LogP) is 3.48. The quantitative estimate of drug-likeness (QED) is 0.403. The van der Waals surface area contributed by atoms with E-state index < -0.39 is 5.97 Å². The van der Waals surface area contributed by atoms with Gasteiger partial charge in [0.05, 0.1) is 5.56 Å². The summed E-state index contributed by atoms with van der Waals surface area (Å²) in [5.41, 5.74) is 1.45. The van der Waals surface area contributed by atoms with E-state index in [9.17, 15) is 4.79 Å². The van der Waals surface area contributed by atoms with E-state index in [2.05, 4.69) is 21.1 Å². The number of rotatable bonds is 4. The molecule has 0 radical (unpaired) electrons. The van der Waals surface area contributed by atoms with E-state index >= 15 is 0 Å². The number of nitrogens with zero attached hydrogens (tertiary/aromatic N) is 1. The maximum atomic E-state index is 11.8. The van der Waals surface area contributed by atoms with Gasteiger partial charge in [-0.25, -0.2) is 4.79 Å². The fourth-order valence-corrected chi connectivity index (χ4v) is 1.87. The van der Waals surface area contributed by atoms with Gasteiger partial charge in [-0.2, -0.15) is 0 Å². The second kappa shape index (κ2) is 6.86. The van der Waals surface area contributed by atoms with Crippen LogP contribution in [0.25, 0.3) is 0 Å². The van der Waals surface area contributed by atoms with E-state index in [1.54, 1.807) is 36.4 Å². The molecule has 0 unspecified atom stereocenters. The Labute approximate surface area is 124 Å². The van der Waals surface area contributed by atoms with Crippen molar-refractivity contribution in [1.29, 1.82) is 0 Å². The standard InChI is InChI=1S/C15H12BrNO3/c16-13-8-6-12(7-9-13)15(18)20-10-14(17-19)11-4-2-1-3-5-11/h1-9,19H,10H2/b17-14-. The Hall–Kier alpha value is -2.14. The average molecular weight is 334 g/mol. The molecule has 0 aliphatic rings. The normalized spacial score (nSPS) is 11.2. The lowest BCUT2D eigenvalue weighted by Crippen LogP contribution is -2.15. The molecule has 20 heavy (non-hydrogen) atoms. The van der Waals surface area contributed by atoms with Gasteiger partial charge in [0, 0.05) is 10.0 Å². The average Bonchev–Trinajstić information content (AvgIpc) is 2.49. The predicted molar refractivity (Wildman–Crippen MR) is 79.2 cm³/mol. The van der Waals surface area contributed by atoms with Crippen molar-refractivity contribution >= 4 is 27.6 Å². The van der Waals surface area contributed by atoms with E-state index in [1.807, 2.05) is 18.2 Å². The molecule has 0 aromatic heterocycles. The fraction of sp³-hybridized carbons (Fsp3) is 0.0667. The third-order valence-corrected chi connectivity index (χ3v) is 3.18. The van der Waals surface area contributed by atoms with Crippen LogP contribution in [0.3, 0.4) is 0 Å². The van der Waals surface area contributed by atoms with Crippen molar-refractivity contribution in [2.75, 3.05) is 6.61 Å². The maximum Gasteiger partial charge on any atom is 0.338 e. The van der Waals surface area contributed by atoms with Crippen molar-refractivity contribution in [3.63, 3.8) is 0 Å². The second-order valence-corrected chi connectivity index (χ2v) is 4.91. The molecule has 0 aliphatic heterocycles. The molecule has 0 saturated heterocycles. The summed E-state index contributed by atoms with van der Waals surface area (Å²) in [6.07, 6.45) is 0. The Morgan fingerprint density at radius 3 is 2.30 bits per heavy atom. The number of oxime groups is 1.